The van der Waals surface area contributed by atoms with E-state index in [-0.39, 0.29) is 0 Å². The standard InChI is InChI=1S/C7H3BBrClNO/c9-5-1-4(3-11)7(8-12)6(10)2-5/h1-2,12H. The lowest BCUT2D eigenvalue weighted by molar-refractivity contribution is 0.615. The van der Waals surface area contributed by atoms with Crippen molar-refractivity contribution in [1.82, 2.24) is 0 Å². The van der Waals surface area contributed by atoms with E-state index in [0.717, 1.165) is 12.0 Å². The topological polar surface area (TPSA) is 44.0 Å². The smallest absolute Gasteiger partial charge is 0.329 e. The van der Waals surface area contributed by atoms with Crippen LogP contribution in [0.15, 0.2) is 16.6 Å². The lowest BCUT2D eigenvalue weighted by Crippen LogP contribution is -2.18. The first-order chi connectivity index (χ1) is 5.69. The molecule has 0 aliphatic rings. The van der Waals surface area contributed by atoms with Crippen molar-refractivity contribution in [3.63, 3.8) is 0 Å². The van der Waals surface area contributed by atoms with Gasteiger partial charge in [0.05, 0.1) is 11.6 Å². The van der Waals surface area contributed by atoms with Crippen molar-refractivity contribution >= 4 is 40.5 Å². The third-order valence-electron chi connectivity index (χ3n) is 1.34. The fourth-order valence-electron chi connectivity index (χ4n) is 0.808. The monoisotopic (exact) mass is 242 g/mol. The molecule has 1 aromatic carbocycles. The first-order valence-electron chi connectivity index (χ1n) is 3.05. The highest BCUT2D eigenvalue weighted by molar-refractivity contribution is 9.10. The summed E-state index contributed by atoms with van der Waals surface area (Å²) in [5.41, 5.74) is 0.694. The largest absolute Gasteiger partial charge is 0.450 e. The van der Waals surface area contributed by atoms with Crippen molar-refractivity contribution in [3.05, 3.63) is 27.2 Å². The minimum Gasteiger partial charge on any atom is -0.450 e. The van der Waals surface area contributed by atoms with E-state index in [9.17, 15) is 0 Å². The molecule has 0 aliphatic carbocycles. The maximum Gasteiger partial charge on any atom is 0.329 e. The predicted octanol–water partition coefficient (Wildman–Crippen LogP) is 1.21. The second-order valence-corrected chi connectivity index (χ2v) is 3.41. The summed E-state index contributed by atoms with van der Waals surface area (Å²) in [5.74, 6) is 0. The van der Waals surface area contributed by atoms with E-state index < -0.39 is 0 Å². The number of hydrogen-bond acceptors (Lipinski definition) is 2. The van der Waals surface area contributed by atoms with Gasteiger partial charge in [0, 0.05) is 9.50 Å². The van der Waals surface area contributed by atoms with Crippen LogP contribution in [-0.4, -0.2) is 12.5 Å². The zero-order valence-electron chi connectivity index (χ0n) is 5.88. The molecule has 0 amide bonds. The number of hydrogen-bond donors (Lipinski definition) is 1. The number of nitrogens with zero attached hydrogens (tertiary/aromatic N) is 1. The first kappa shape index (κ1) is 9.59. The summed E-state index contributed by atoms with van der Waals surface area (Å²) in [6.45, 7) is 0. The van der Waals surface area contributed by atoms with Crippen LogP contribution in [0.5, 0.6) is 0 Å². The number of rotatable bonds is 1. The van der Waals surface area contributed by atoms with Crippen LogP contribution in [0.1, 0.15) is 5.56 Å². The van der Waals surface area contributed by atoms with Gasteiger partial charge in [-0.05, 0) is 17.6 Å². The zero-order chi connectivity index (χ0) is 9.14. The minimum absolute atomic E-state index is 0.344. The summed E-state index contributed by atoms with van der Waals surface area (Å²) in [5, 5.41) is 17.7. The van der Waals surface area contributed by atoms with Crippen molar-refractivity contribution in [2.75, 3.05) is 0 Å². The third kappa shape index (κ3) is 1.81. The van der Waals surface area contributed by atoms with Gasteiger partial charge in [0.15, 0.2) is 0 Å². The van der Waals surface area contributed by atoms with Gasteiger partial charge in [-0.3, -0.25) is 0 Å². The lowest BCUT2D eigenvalue weighted by Gasteiger charge is -2.01. The Balaban J connectivity index is 3.36. The van der Waals surface area contributed by atoms with E-state index in [1.165, 1.54) is 0 Å². The molecule has 0 heterocycles. The maximum atomic E-state index is 8.75. The van der Waals surface area contributed by atoms with E-state index in [4.69, 9.17) is 21.9 Å². The van der Waals surface area contributed by atoms with Crippen LogP contribution in [0, 0.1) is 11.3 Å². The summed E-state index contributed by atoms with van der Waals surface area (Å²) >= 11 is 8.93. The summed E-state index contributed by atoms with van der Waals surface area (Å²) < 4.78 is 0.717. The molecule has 1 N–H and O–H groups in total. The summed E-state index contributed by atoms with van der Waals surface area (Å²) in [6.07, 6.45) is 0. The number of benzene rings is 1. The summed E-state index contributed by atoms with van der Waals surface area (Å²) in [7, 11) is 0.827. The Kier molecular flexibility index (Phi) is 3.16. The quantitative estimate of drug-likeness (QED) is 0.753. The van der Waals surface area contributed by atoms with Crippen LogP contribution in [0.25, 0.3) is 0 Å². The first-order valence-corrected chi connectivity index (χ1v) is 4.22. The molecule has 0 aliphatic heterocycles. The van der Waals surface area contributed by atoms with Gasteiger partial charge in [-0.2, -0.15) is 5.26 Å². The fraction of sp³-hybridized carbons (Fsp3) is 0. The van der Waals surface area contributed by atoms with E-state index in [2.05, 4.69) is 15.9 Å². The van der Waals surface area contributed by atoms with Crippen LogP contribution in [-0.2, 0) is 0 Å². The molecule has 2 nitrogen and oxygen atoms in total. The molecular formula is C7H3BBrClNO. The van der Waals surface area contributed by atoms with Gasteiger partial charge in [0.25, 0.3) is 0 Å². The van der Waals surface area contributed by atoms with Crippen LogP contribution in [0.3, 0.4) is 0 Å². The highest BCUT2D eigenvalue weighted by atomic mass is 79.9. The van der Waals surface area contributed by atoms with Gasteiger partial charge in [0.2, 0.25) is 0 Å². The third-order valence-corrected chi connectivity index (χ3v) is 2.11. The molecule has 0 saturated carbocycles. The van der Waals surface area contributed by atoms with Gasteiger partial charge < -0.3 is 5.02 Å². The Morgan fingerprint density at radius 3 is 2.75 bits per heavy atom. The second-order valence-electron chi connectivity index (χ2n) is 2.09. The molecule has 12 heavy (non-hydrogen) atoms. The van der Waals surface area contributed by atoms with Crippen molar-refractivity contribution in [1.29, 1.82) is 5.26 Å². The molecule has 1 rings (SSSR count). The Hall–Kier alpha value is -0.495. The molecule has 0 spiro atoms. The molecule has 0 atom stereocenters. The predicted molar refractivity (Wildman–Crippen MR) is 51.5 cm³/mol. The van der Waals surface area contributed by atoms with E-state index in [1.807, 2.05) is 6.07 Å². The molecular weight excluding hydrogens is 240 g/mol. The molecule has 0 aromatic heterocycles. The van der Waals surface area contributed by atoms with Gasteiger partial charge in [-0.25, -0.2) is 0 Å². The molecule has 5 heteroatoms. The van der Waals surface area contributed by atoms with Crippen molar-refractivity contribution in [2.45, 2.75) is 0 Å². The van der Waals surface area contributed by atoms with Gasteiger partial charge in [-0.1, -0.05) is 27.5 Å². The van der Waals surface area contributed by atoms with Crippen molar-refractivity contribution in [2.24, 2.45) is 0 Å². The Labute approximate surface area is 84.2 Å². The van der Waals surface area contributed by atoms with Crippen molar-refractivity contribution < 1.29 is 5.02 Å². The van der Waals surface area contributed by atoms with Crippen LogP contribution < -0.4 is 5.46 Å². The summed E-state index contributed by atoms with van der Waals surface area (Å²) in [6, 6.07) is 5.13. The summed E-state index contributed by atoms with van der Waals surface area (Å²) in [4.78, 5) is 0. The molecule has 0 bridgehead atoms. The molecule has 1 aromatic rings. The van der Waals surface area contributed by atoms with Crippen LogP contribution in [0.4, 0.5) is 0 Å². The van der Waals surface area contributed by atoms with Crippen LogP contribution >= 0.6 is 27.5 Å². The second kappa shape index (κ2) is 3.95. The van der Waals surface area contributed by atoms with Gasteiger partial charge in [-0.15, -0.1) is 0 Å². The zero-order valence-corrected chi connectivity index (χ0v) is 8.22. The van der Waals surface area contributed by atoms with Crippen molar-refractivity contribution in [3.8, 4) is 6.07 Å². The molecule has 59 valence electrons. The average Bonchev–Trinajstić information content (AvgIpc) is 2.03. The molecule has 0 saturated heterocycles. The highest BCUT2D eigenvalue weighted by Gasteiger charge is 2.08. The Bertz CT molecular complexity index is 350. The van der Waals surface area contributed by atoms with E-state index >= 15 is 0 Å². The fourth-order valence-corrected chi connectivity index (χ4v) is 1.67. The van der Waals surface area contributed by atoms with Crippen LogP contribution in [0.2, 0.25) is 5.02 Å². The number of nitriles is 1. The maximum absolute atomic E-state index is 8.75. The molecule has 0 fully saturated rings. The molecule has 1 radical (unpaired) electrons. The SMILES string of the molecule is N#Cc1cc(Br)cc(Cl)c1[B]O. The Morgan fingerprint density at radius 1 is 1.58 bits per heavy atom. The van der Waals surface area contributed by atoms with Gasteiger partial charge >= 0.3 is 7.48 Å². The minimum atomic E-state index is 0.344. The average molecular weight is 243 g/mol. The molecule has 0 unspecified atom stereocenters. The normalized spacial score (nSPS) is 9.17. The Morgan fingerprint density at radius 2 is 2.25 bits per heavy atom. The van der Waals surface area contributed by atoms with E-state index in [0.29, 0.717) is 16.0 Å². The van der Waals surface area contributed by atoms with Gasteiger partial charge in [0.1, 0.15) is 0 Å². The number of halogens is 2. The lowest BCUT2D eigenvalue weighted by atomic mass is 9.85. The highest BCUT2D eigenvalue weighted by Crippen LogP contribution is 2.16. The van der Waals surface area contributed by atoms with E-state index in [1.54, 1.807) is 12.1 Å².